The molecule has 0 radical (unpaired) electrons. The van der Waals surface area contributed by atoms with E-state index in [1.54, 1.807) is 4.90 Å². The number of carbonyl (C=O) groups excluding carboxylic acids is 1. The van der Waals surface area contributed by atoms with Gasteiger partial charge in [0.15, 0.2) is 0 Å². The highest BCUT2D eigenvalue weighted by molar-refractivity contribution is 9.10. The normalized spacial score (nSPS) is 10.6. The SMILES string of the molecule is CCCNc1ncnc(N(C)CC(=O)NCC(C)C)c1Br. The standard InChI is InChI=1S/C14H24BrN5O/c1-5-6-16-13-12(15)14(19-9-18-13)20(4)8-11(21)17-7-10(2)3/h9-10H,5-8H2,1-4H3,(H,17,21)(H,16,18,19). The van der Waals surface area contributed by atoms with Crippen LogP contribution in [0.2, 0.25) is 0 Å². The molecular formula is C14H24BrN5O. The van der Waals surface area contributed by atoms with Crippen LogP contribution in [0.5, 0.6) is 0 Å². The molecule has 2 N–H and O–H groups in total. The number of rotatable bonds is 8. The van der Waals surface area contributed by atoms with Crippen molar-refractivity contribution in [2.24, 2.45) is 5.92 Å². The van der Waals surface area contributed by atoms with Gasteiger partial charge in [-0.15, -0.1) is 0 Å². The third-order valence-corrected chi connectivity index (χ3v) is 3.49. The van der Waals surface area contributed by atoms with Crippen LogP contribution in [0.1, 0.15) is 27.2 Å². The molecule has 1 aromatic heterocycles. The van der Waals surface area contributed by atoms with Gasteiger partial charge in [0.2, 0.25) is 5.91 Å². The fraction of sp³-hybridized carbons (Fsp3) is 0.643. The van der Waals surface area contributed by atoms with E-state index in [1.807, 2.05) is 7.05 Å². The number of carbonyl (C=O) groups is 1. The number of halogens is 1. The Morgan fingerprint density at radius 1 is 1.43 bits per heavy atom. The second-order valence-electron chi connectivity index (χ2n) is 5.34. The highest BCUT2D eigenvalue weighted by Gasteiger charge is 2.15. The maximum Gasteiger partial charge on any atom is 0.239 e. The molecule has 0 saturated heterocycles. The molecule has 0 atom stereocenters. The van der Waals surface area contributed by atoms with Gasteiger partial charge < -0.3 is 15.5 Å². The van der Waals surface area contributed by atoms with Crippen molar-refractivity contribution in [2.45, 2.75) is 27.2 Å². The van der Waals surface area contributed by atoms with Gasteiger partial charge in [-0.25, -0.2) is 9.97 Å². The number of hydrogen-bond donors (Lipinski definition) is 2. The third kappa shape index (κ3) is 5.87. The zero-order valence-corrected chi connectivity index (χ0v) is 14.7. The molecule has 0 aliphatic carbocycles. The van der Waals surface area contributed by atoms with Gasteiger partial charge in [-0.2, -0.15) is 0 Å². The second-order valence-corrected chi connectivity index (χ2v) is 6.13. The van der Waals surface area contributed by atoms with E-state index in [0.29, 0.717) is 18.3 Å². The van der Waals surface area contributed by atoms with E-state index >= 15 is 0 Å². The van der Waals surface area contributed by atoms with Crippen molar-refractivity contribution in [1.82, 2.24) is 15.3 Å². The molecule has 0 fully saturated rings. The molecule has 1 heterocycles. The molecule has 1 amide bonds. The molecule has 0 spiro atoms. The van der Waals surface area contributed by atoms with Crippen LogP contribution in [0.3, 0.4) is 0 Å². The fourth-order valence-corrected chi connectivity index (χ4v) is 2.31. The highest BCUT2D eigenvalue weighted by Crippen LogP contribution is 2.28. The number of aromatic nitrogens is 2. The number of amides is 1. The minimum absolute atomic E-state index is 0.0141. The summed E-state index contributed by atoms with van der Waals surface area (Å²) in [4.78, 5) is 22.1. The highest BCUT2D eigenvalue weighted by atomic mass is 79.9. The first-order valence-electron chi connectivity index (χ1n) is 7.17. The van der Waals surface area contributed by atoms with Crippen LogP contribution in [0, 0.1) is 5.92 Å². The van der Waals surface area contributed by atoms with E-state index < -0.39 is 0 Å². The molecule has 7 heteroatoms. The van der Waals surface area contributed by atoms with Crippen molar-refractivity contribution in [3.8, 4) is 0 Å². The number of nitrogens with one attached hydrogen (secondary N) is 2. The Morgan fingerprint density at radius 2 is 2.14 bits per heavy atom. The quantitative estimate of drug-likeness (QED) is 0.746. The molecule has 1 aromatic rings. The molecule has 0 aromatic carbocycles. The van der Waals surface area contributed by atoms with Crippen LogP contribution in [0.4, 0.5) is 11.6 Å². The van der Waals surface area contributed by atoms with Crippen LogP contribution in [0.25, 0.3) is 0 Å². The minimum atomic E-state index is -0.0141. The van der Waals surface area contributed by atoms with Gasteiger partial charge in [0, 0.05) is 20.1 Å². The van der Waals surface area contributed by atoms with E-state index in [4.69, 9.17) is 0 Å². The summed E-state index contributed by atoms with van der Waals surface area (Å²) in [6, 6.07) is 0. The number of nitrogens with zero attached hydrogens (tertiary/aromatic N) is 3. The smallest absolute Gasteiger partial charge is 0.239 e. The van der Waals surface area contributed by atoms with Crippen LogP contribution in [-0.2, 0) is 4.79 Å². The van der Waals surface area contributed by atoms with Crippen molar-refractivity contribution in [3.05, 3.63) is 10.8 Å². The van der Waals surface area contributed by atoms with Gasteiger partial charge in [-0.05, 0) is 28.3 Å². The summed E-state index contributed by atoms with van der Waals surface area (Å²) in [5.41, 5.74) is 0. The summed E-state index contributed by atoms with van der Waals surface area (Å²) in [6.07, 6.45) is 2.51. The molecule has 0 aliphatic rings. The Balaban J connectivity index is 2.69. The zero-order valence-electron chi connectivity index (χ0n) is 13.1. The Labute approximate surface area is 134 Å². The summed E-state index contributed by atoms with van der Waals surface area (Å²) >= 11 is 3.50. The van der Waals surface area contributed by atoms with Crippen LogP contribution < -0.4 is 15.5 Å². The summed E-state index contributed by atoms with van der Waals surface area (Å²) in [5.74, 6) is 1.87. The average molecular weight is 358 g/mol. The maximum absolute atomic E-state index is 11.9. The molecule has 0 bridgehead atoms. The van der Waals surface area contributed by atoms with Gasteiger partial charge in [-0.3, -0.25) is 4.79 Å². The van der Waals surface area contributed by atoms with Crippen molar-refractivity contribution < 1.29 is 4.79 Å². The molecule has 1 rings (SSSR count). The third-order valence-electron chi connectivity index (χ3n) is 2.76. The van der Waals surface area contributed by atoms with Gasteiger partial charge in [0.1, 0.15) is 22.4 Å². The predicted molar refractivity (Wildman–Crippen MR) is 89.6 cm³/mol. The number of likely N-dealkylation sites (N-methyl/N-ethyl adjacent to an activating group) is 1. The van der Waals surface area contributed by atoms with Gasteiger partial charge in [0.05, 0.1) is 6.54 Å². The fourth-order valence-electron chi connectivity index (χ4n) is 1.66. The monoisotopic (exact) mass is 357 g/mol. The Hall–Kier alpha value is -1.37. The lowest BCUT2D eigenvalue weighted by Gasteiger charge is -2.20. The first-order chi connectivity index (χ1) is 9.95. The molecular weight excluding hydrogens is 334 g/mol. The zero-order chi connectivity index (χ0) is 15.8. The van der Waals surface area contributed by atoms with E-state index in [0.717, 1.165) is 23.3 Å². The van der Waals surface area contributed by atoms with Crippen LogP contribution in [0.15, 0.2) is 10.8 Å². The first-order valence-corrected chi connectivity index (χ1v) is 7.97. The summed E-state index contributed by atoms with van der Waals surface area (Å²) in [5, 5.41) is 6.12. The molecule has 0 aliphatic heterocycles. The largest absolute Gasteiger partial charge is 0.369 e. The van der Waals surface area contributed by atoms with E-state index in [2.05, 4.69) is 57.3 Å². The van der Waals surface area contributed by atoms with Crippen LogP contribution in [-0.4, -0.2) is 42.6 Å². The van der Waals surface area contributed by atoms with Gasteiger partial charge >= 0.3 is 0 Å². The number of hydrogen-bond acceptors (Lipinski definition) is 5. The van der Waals surface area contributed by atoms with Gasteiger partial charge in [0.25, 0.3) is 0 Å². The molecule has 0 unspecified atom stereocenters. The lowest BCUT2D eigenvalue weighted by atomic mass is 10.2. The molecule has 0 saturated carbocycles. The number of anilines is 2. The summed E-state index contributed by atoms with van der Waals surface area (Å²) < 4.78 is 0.776. The summed E-state index contributed by atoms with van der Waals surface area (Å²) in [7, 11) is 1.84. The summed E-state index contributed by atoms with van der Waals surface area (Å²) in [6.45, 7) is 8.01. The van der Waals surface area contributed by atoms with E-state index in [-0.39, 0.29) is 12.5 Å². The van der Waals surface area contributed by atoms with Crippen LogP contribution >= 0.6 is 15.9 Å². The lowest BCUT2D eigenvalue weighted by Crippen LogP contribution is -2.37. The van der Waals surface area contributed by atoms with E-state index in [9.17, 15) is 4.79 Å². The van der Waals surface area contributed by atoms with Crippen molar-refractivity contribution >= 4 is 33.5 Å². The lowest BCUT2D eigenvalue weighted by molar-refractivity contribution is -0.119. The Kier molecular flexibility index (Phi) is 7.42. The average Bonchev–Trinajstić information content (AvgIpc) is 2.44. The Bertz CT molecular complexity index is 467. The molecule has 21 heavy (non-hydrogen) atoms. The predicted octanol–water partition coefficient (Wildman–Crippen LogP) is 2.27. The maximum atomic E-state index is 11.9. The Morgan fingerprint density at radius 3 is 2.76 bits per heavy atom. The molecule has 118 valence electrons. The van der Waals surface area contributed by atoms with Crippen molar-refractivity contribution in [1.29, 1.82) is 0 Å². The molecule has 6 nitrogen and oxygen atoms in total. The van der Waals surface area contributed by atoms with E-state index in [1.165, 1.54) is 6.33 Å². The topological polar surface area (TPSA) is 70.2 Å². The van der Waals surface area contributed by atoms with Crippen molar-refractivity contribution in [2.75, 3.05) is 36.9 Å². The van der Waals surface area contributed by atoms with Gasteiger partial charge in [-0.1, -0.05) is 20.8 Å². The second kappa shape index (κ2) is 8.81. The minimum Gasteiger partial charge on any atom is -0.369 e. The van der Waals surface area contributed by atoms with Crippen molar-refractivity contribution in [3.63, 3.8) is 0 Å². The first kappa shape index (κ1) is 17.7.